The number of rotatable bonds is 5. The number of ether oxygens (including phenoxy) is 2. The zero-order valence-electron chi connectivity index (χ0n) is 11.0. The molecule has 2 aromatic carbocycles. The minimum atomic E-state index is -0.731. The Hall–Kier alpha value is -1.95. The molecule has 2 aromatic rings. The number of hydrogen-bond acceptors (Lipinski definition) is 3. The van der Waals surface area contributed by atoms with Gasteiger partial charge in [-0.3, -0.25) is 4.79 Å². The summed E-state index contributed by atoms with van der Waals surface area (Å²) in [5.74, 6) is -0.772. The monoisotopic (exact) mass is 356 g/mol. The fraction of sp³-hybridized carbons (Fsp3) is 0.133. The Labute approximate surface area is 128 Å². The summed E-state index contributed by atoms with van der Waals surface area (Å²) in [6.45, 7) is -0.342. The quantitative estimate of drug-likeness (QED) is 0.596. The smallest absolute Gasteiger partial charge is 0.153 e. The predicted molar refractivity (Wildman–Crippen MR) is 76.8 cm³/mol. The molecule has 110 valence electrons. The Bertz CT molecular complexity index is 674. The van der Waals surface area contributed by atoms with Crippen molar-refractivity contribution < 1.29 is 23.0 Å². The summed E-state index contributed by atoms with van der Waals surface area (Å²) in [6.07, 6.45) is 0.600. The second-order valence-corrected chi connectivity index (χ2v) is 4.99. The Morgan fingerprint density at radius 1 is 1.24 bits per heavy atom. The number of carbonyl (C=O) groups is 1. The van der Waals surface area contributed by atoms with E-state index in [-0.39, 0.29) is 28.0 Å². The van der Waals surface area contributed by atoms with E-state index in [1.165, 1.54) is 25.3 Å². The summed E-state index contributed by atoms with van der Waals surface area (Å²) in [6, 6.07) is 7.00. The van der Waals surface area contributed by atoms with Gasteiger partial charge in [0, 0.05) is 6.07 Å². The molecule has 0 bridgehead atoms. The van der Waals surface area contributed by atoms with E-state index in [1.807, 2.05) is 0 Å². The molecule has 21 heavy (non-hydrogen) atoms. The number of aldehydes is 1. The summed E-state index contributed by atoms with van der Waals surface area (Å²) in [7, 11) is 1.47. The third kappa shape index (κ3) is 3.39. The van der Waals surface area contributed by atoms with Gasteiger partial charge in [-0.15, -0.1) is 0 Å². The Kier molecular flexibility index (Phi) is 4.90. The van der Waals surface area contributed by atoms with Gasteiger partial charge < -0.3 is 9.47 Å². The van der Waals surface area contributed by atoms with Gasteiger partial charge in [0.05, 0.1) is 22.7 Å². The van der Waals surface area contributed by atoms with Crippen LogP contribution in [0.4, 0.5) is 8.78 Å². The summed E-state index contributed by atoms with van der Waals surface area (Å²) in [5, 5.41) is 0. The fourth-order valence-electron chi connectivity index (χ4n) is 1.72. The maximum absolute atomic E-state index is 13.8. The van der Waals surface area contributed by atoms with E-state index in [4.69, 9.17) is 9.47 Å². The molecule has 0 heterocycles. The van der Waals surface area contributed by atoms with E-state index >= 15 is 0 Å². The molecule has 0 N–H and O–H groups in total. The van der Waals surface area contributed by atoms with Gasteiger partial charge in [0.2, 0.25) is 0 Å². The lowest BCUT2D eigenvalue weighted by Gasteiger charge is -2.11. The van der Waals surface area contributed by atoms with Crippen LogP contribution in [-0.2, 0) is 6.61 Å². The second kappa shape index (κ2) is 6.67. The van der Waals surface area contributed by atoms with Gasteiger partial charge in [0.25, 0.3) is 0 Å². The molecule has 0 aromatic heterocycles. The molecule has 0 atom stereocenters. The number of hydrogen-bond donors (Lipinski definition) is 0. The van der Waals surface area contributed by atoms with E-state index in [9.17, 15) is 13.6 Å². The van der Waals surface area contributed by atoms with E-state index in [1.54, 1.807) is 6.07 Å². The third-order valence-electron chi connectivity index (χ3n) is 2.86. The van der Waals surface area contributed by atoms with E-state index in [0.29, 0.717) is 12.0 Å². The van der Waals surface area contributed by atoms with E-state index in [0.717, 1.165) is 6.07 Å². The molecule has 6 heteroatoms. The van der Waals surface area contributed by atoms with Gasteiger partial charge in [-0.05, 0) is 40.2 Å². The van der Waals surface area contributed by atoms with Crippen molar-refractivity contribution in [2.75, 3.05) is 7.11 Å². The minimum absolute atomic E-state index is 0.142. The zero-order valence-corrected chi connectivity index (χ0v) is 12.6. The van der Waals surface area contributed by atoms with Crippen LogP contribution >= 0.6 is 15.9 Å². The average molecular weight is 357 g/mol. The summed E-state index contributed by atoms with van der Waals surface area (Å²) < 4.78 is 38.0. The molecule has 0 radical (unpaired) electrons. The maximum Gasteiger partial charge on any atom is 0.153 e. The Morgan fingerprint density at radius 3 is 2.67 bits per heavy atom. The number of methoxy groups -OCH3 is 1. The van der Waals surface area contributed by atoms with Crippen LogP contribution in [0, 0.1) is 11.6 Å². The SMILES string of the molecule is COc1ccc(C=O)c(OCc2c(F)ccc(Br)c2F)c1. The molecule has 0 aliphatic carbocycles. The van der Waals surface area contributed by atoms with Crippen LogP contribution in [0.15, 0.2) is 34.8 Å². The van der Waals surface area contributed by atoms with E-state index in [2.05, 4.69) is 15.9 Å². The number of halogens is 3. The molecule has 0 aliphatic rings. The van der Waals surface area contributed by atoms with Crippen LogP contribution in [0.2, 0.25) is 0 Å². The van der Waals surface area contributed by atoms with Crippen molar-refractivity contribution in [1.82, 2.24) is 0 Å². The summed E-state index contributed by atoms with van der Waals surface area (Å²) in [5.41, 5.74) is 0.0515. The lowest BCUT2D eigenvalue weighted by Crippen LogP contribution is -2.04. The van der Waals surface area contributed by atoms with Crippen LogP contribution < -0.4 is 9.47 Å². The van der Waals surface area contributed by atoms with Crippen molar-refractivity contribution in [1.29, 1.82) is 0 Å². The molecule has 0 spiro atoms. The molecule has 2 rings (SSSR count). The van der Waals surface area contributed by atoms with Crippen molar-refractivity contribution in [3.05, 3.63) is 57.6 Å². The second-order valence-electron chi connectivity index (χ2n) is 4.13. The van der Waals surface area contributed by atoms with Gasteiger partial charge in [0.1, 0.15) is 29.7 Å². The first-order valence-electron chi connectivity index (χ1n) is 5.95. The average Bonchev–Trinajstić information content (AvgIpc) is 2.50. The molecule has 0 amide bonds. The van der Waals surface area contributed by atoms with Gasteiger partial charge in [-0.2, -0.15) is 0 Å². The highest BCUT2D eigenvalue weighted by Gasteiger charge is 2.14. The van der Waals surface area contributed by atoms with Gasteiger partial charge in [-0.1, -0.05) is 0 Å². The normalized spacial score (nSPS) is 10.3. The number of carbonyl (C=O) groups excluding carboxylic acids is 1. The molecule has 0 saturated heterocycles. The Morgan fingerprint density at radius 2 is 2.00 bits per heavy atom. The number of benzene rings is 2. The molecule has 0 fully saturated rings. The predicted octanol–water partition coefficient (Wildman–Crippen LogP) is 4.13. The highest BCUT2D eigenvalue weighted by molar-refractivity contribution is 9.10. The van der Waals surface area contributed by atoms with Crippen molar-refractivity contribution >= 4 is 22.2 Å². The fourth-order valence-corrected chi connectivity index (χ4v) is 2.09. The minimum Gasteiger partial charge on any atom is -0.497 e. The molecule has 0 aliphatic heterocycles. The largest absolute Gasteiger partial charge is 0.497 e. The standard InChI is InChI=1S/C15H11BrF2O3/c1-20-10-3-2-9(7-19)14(6-10)21-8-11-13(17)5-4-12(16)15(11)18/h2-7H,8H2,1H3. The maximum atomic E-state index is 13.8. The lowest BCUT2D eigenvalue weighted by molar-refractivity contribution is 0.111. The first-order chi connectivity index (χ1) is 10.1. The summed E-state index contributed by atoms with van der Waals surface area (Å²) >= 11 is 2.98. The zero-order chi connectivity index (χ0) is 15.4. The van der Waals surface area contributed by atoms with Crippen LogP contribution in [0.3, 0.4) is 0 Å². The van der Waals surface area contributed by atoms with Crippen LogP contribution in [-0.4, -0.2) is 13.4 Å². The first kappa shape index (κ1) is 15.4. The van der Waals surface area contributed by atoms with E-state index < -0.39 is 11.6 Å². The Balaban J connectivity index is 2.28. The van der Waals surface area contributed by atoms with Gasteiger partial charge in [0.15, 0.2) is 6.29 Å². The van der Waals surface area contributed by atoms with Gasteiger partial charge >= 0.3 is 0 Å². The van der Waals surface area contributed by atoms with Crippen LogP contribution in [0.5, 0.6) is 11.5 Å². The molecular weight excluding hydrogens is 346 g/mol. The van der Waals surface area contributed by atoms with Crippen molar-refractivity contribution in [2.45, 2.75) is 6.61 Å². The first-order valence-corrected chi connectivity index (χ1v) is 6.74. The topological polar surface area (TPSA) is 35.5 Å². The van der Waals surface area contributed by atoms with Gasteiger partial charge in [-0.25, -0.2) is 8.78 Å². The van der Waals surface area contributed by atoms with Crippen molar-refractivity contribution in [3.8, 4) is 11.5 Å². The summed E-state index contributed by atoms with van der Waals surface area (Å²) in [4.78, 5) is 10.9. The van der Waals surface area contributed by atoms with Crippen molar-refractivity contribution in [2.24, 2.45) is 0 Å². The van der Waals surface area contributed by atoms with Crippen LogP contribution in [0.1, 0.15) is 15.9 Å². The third-order valence-corrected chi connectivity index (χ3v) is 3.47. The van der Waals surface area contributed by atoms with Crippen molar-refractivity contribution in [3.63, 3.8) is 0 Å². The molecule has 3 nitrogen and oxygen atoms in total. The van der Waals surface area contributed by atoms with Crippen LogP contribution in [0.25, 0.3) is 0 Å². The molecule has 0 saturated carbocycles. The molecular formula is C15H11BrF2O3. The molecule has 0 unspecified atom stereocenters. The highest BCUT2D eigenvalue weighted by Crippen LogP contribution is 2.27. The highest BCUT2D eigenvalue weighted by atomic mass is 79.9. The lowest BCUT2D eigenvalue weighted by atomic mass is 10.2.